The summed E-state index contributed by atoms with van der Waals surface area (Å²) < 4.78 is 29.9. The van der Waals surface area contributed by atoms with Gasteiger partial charge in [-0.3, -0.25) is 9.69 Å². The van der Waals surface area contributed by atoms with E-state index in [1.54, 1.807) is 31.7 Å². The molecule has 0 aromatic heterocycles. The summed E-state index contributed by atoms with van der Waals surface area (Å²) >= 11 is 0. The Morgan fingerprint density at radius 1 is 1.05 bits per heavy atom. The lowest BCUT2D eigenvalue weighted by atomic mass is 9.74. The van der Waals surface area contributed by atoms with Gasteiger partial charge in [0, 0.05) is 18.7 Å². The van der Waals surface area contributed by atoms with Crippen LogP contribution in [-0.2, 0) is 25.8 Å². The fourth-order valence-corrected chi connectivity index (χ4v) is 6.48. The molecule has 2 bridgehead atoms. The van der Waals surface area contributed by atoms with Crippen molar-refractivity contribution in [3.63, 3.8) is 0 Å². The van der Waals surface area contributed by atoms with E-state index in [0.29, 0.717) is 5.56 Å². The number of sulfone groups is 1. The zero-order valence-corrected chi connectivity index (χ0v) is 24.0. The van der Waals surface area contributed by atoms with E-state index < -0.39 is 33.6 Å². The number of piperidine rings is 2. The van der Waals surface area contributed by atoms with Gasteiger partial charge >= 0.3 is 6.09 Å². The Morgan fingerprint density at radius 3 is 2.23 bits per heavy atom. The maximum absolute atomic E-state index is 13.4. The highest BCUT2D eigenvalue weighted by Gasteiger charge is 2.49. The van der Waals surface area contributed by atoms with Gasteiger partial charge in [-0.15, -0.1) is 0 Å². The number of fused-ring (bicyclic) bond motifs is 3. The lowest BCUT2D eigenvalue weighted by Crippen LogP contribution is -2.64. The van der Waals surface area contributed by atoms with Crippen molar-refractivity contribution in [2.75, 3.05) is 6.26 Å². The third kappa shape index (κ3) is 6.46. The van der Waals surface area contributed by atoms with E-state index in [1.165, 1.54) is 12.1 Å². The van der Waals surface area contributed by atoms with Crippen LogP contribution in [0.2, 0.25) is 0 Å². The van der Waals surface area contributed by atoms with E-state index in [-0.39, 0.29) is 34.7 Å². The molecule has 210 valence electrons. The third-order valence-corrected chi connectivity index (χ3v) is 8.59. The molecule has 1 saturated carbocycles. The molecule has 5 rings (SSSR count). The summed E-state index contributed by atoms with van der Waals surface area (Å²) in [7, 11) is -3.58. The highest BCUT2D eigenvalue weighted by Crippen LogP contribution is 2.40. The minimum Gasteiger partial charge on any atom is -0.444 e. The van der Waals surface area contributed by atoms with Gasteiger partial charge in [-0.2, -0.15) is 10.5 Å². The minimum atomic E-state index is -3.58. The first-order valence-electron chi connectivity index (χ1n) is 13.4. The highest BCUT2D eigenvalue weighted by atomic mass is 32.2. The number of benzene rings is 2. The first kappa shape index (κ1) is 29.1. The van der Waals surface area contributed by atoms with Crippen LogP contribution < -0.4 is 5.32 Å². The predicted molar refractivity (Wildman–Crippen MR) is 149 cm³/mol. The molecular weight excluding hydrogens is 528 g/mol. The second kappa shape index (κ2) is 11.3. The van der Waals surface area contributed by atoms with Crippen molar-refractivity contribution in [3.05, 3.63) is 53.6 Å². The number of nitriles is 2. The summed E-state index contributed by atoms with van der Waals surface area (Å²) in [5.41, 5.74) is 1.61. The predicted octanol–water partition coefficient (Wildman–Crippen LogP) is 4.36. The fraction of sp³-hybridized carbons (Fsp3) is 0.467. The molecule has 3 aliphatic rings. The lowest BCUT2D eigenvalue weighted by Gasteiger charge is -2.50. The molecule has 2 atom stereocenters. The summed E-state index contributed by atoms with van der Waals surface area (Å²) in [5, 5.41) is 21.9. The smallest absolute Gasteiger partial charge is 0.411 e. The Balaban J connectivity index is 1.47. The first-order valence-corrected chi connectivity index (χ1v) is 15.2. The van der Waals surface area contributed by atoms with Crippen LogP contribution in [0.25, 0.3) is 11.1 Å². The highest BCUT2D eigenvalue weighted by molar-refractivity contribution is 7.90. The molecule has 2 aromatic rings. The Kier molecular flexibility index (Phi) is 8.23. The SMILES string of the molecule is CC(C)(C)OC(=O)N1C2CCC(CC2)[C@H]1C(=O)N[C@H](C#N)Cc1ccc(-c2ccc(C#N)c(S(C)(=O)=O)c2)cc1. The number of carbonyl (C=O) groups is 2. The summed E-state index contributed by atoms with van der Waals surface area (Å²) in [5.74, 6) is -0.310. The molecule has 2 amide bonds. The van der Waals surface area contributed by atoms with Gasteiger partial charge in [-0.05, 0) is 81.2 Å². The van der Waals surface area contributed by atoms with E-state index in [0.717, 1.165) is 43.1 Å². The summed E-state index contributed by atoms with van der Waals surface area (Å²) in [6.45, 7) is 5.39. The summed E-state index contributed by atoms with van der Waals surface area (Å²) in [4.78, 5) is 28.0. The van der Waals surface area contributed by atoms with Gasteiger partial charge in [0.05, 0.1) is 16.5 Å². The van der Waals surface area contributed by atoms with Crippen LogP contribution >= 0.6 is 0 Å². The molecule has 0 unspecified atom stereocenters. The Labute approximate surface area is 235 Å². The van der Waals surface area contributed by atoms with Crippen molar-refractivity contribution in [1.82, 2.24) is 10.2 Å². The van der Waals surface area contributed by atoms with E-state index in [2.05, 4.69) is 11.4 Å². The van der Waals surface area contributed by atoms with Crippen molar-refractivity contribution in [1.29, 1.82) is 10.5 Å². The number of nitrogens with zero attached hydrogens (tertiary/aromatic N) is 3. The number of amides is 2. The van der Waals surface area contributed by atoms with E-state index in [9.17, 15) is 28.5 Å². The second-order valence-corrected chi connectivity index (χ2v) is 13.6. The normalized spacial score (nSPS) is 21.1. The second-order valence-electron chi connectivity index (χ2n) is 11.6. The van der Waals surface area contributed by atoms with E-state index in [4.69, 9.17) is 4.74 Å². The number of hydrogen-bond donors (Lipinski definition) is 1. The largest absolute Gasteiger partial charge is 0.444 e. The molecule has 10 heteroatoms. The Morgan fingerprint density at radius 2 is 1.68 bits per heavy atom. The average molecular weight is 563 g/mol. The maximum atomic E-state index is 13.4. The van der Waals surface area contributed by atoms with Crippen molar-refractivity contribution in [3.8, 4) is 23.3 Å². The monoisotopic (exact) mass is 562 g/mol. The number of ether oxygens (including phenoxy) is 1. The van der Waals surface area contributed by atoms with Crippen LogP contribution in [0, 0.1) is 28.6 Å². The zero-order chi connectivity index (χ0) is 29.2. The molecule has 9 nitrogen and oxygen atoms in total. The number of carbonyl (C=O) groups excluding carboxylic acids is 2. The van der Waals surface area contributed by atoms with Crippen LogP contribution in [0.1, 0.15) is 57.6 Å². The molecule has 2 aromatic carbocycles. The molecule has 2 saturated heterocycles. The van der Waals surface area contributed by atoms with Crippen LogP contribution in [0.5, 0.6) is 0 Å². The molecule has 3 fully saturated rings. The van der Waals surface area contributed by atoms with Gasteiger partial charge in [0.1, 0.15) is 23.8 Å². The van der Waals surface area contributed by atoms with Gasteiger partial charge in [-0.1, -0.05) is 30.3 Å². The first-order chi connectivity index (χ1) is 18.8. The molecular formula is C30H34N4O5S. The average Bonchev–Trinajstić information content (AvgIpc) is 2.91. The van der Waals surface area contributed by atoms with E-state index in [1.807, 2.05) is 30.3 Å². The van der Waals surface area contributed by atoms with Crippen LogP contribution in [0.4, 0.5) is 4.79 Å². The van der Waals surface area contributed by atoms with Gasteiger partial charge in [0.2, 0.25) is 5.91 Å². The topological polar surface area (TPSA) is 140 Å². The number of hydrogen-bond acceptors (Lipinski definition) is 7. The quantitative estimate of drug-likeness (QED) is 0.552. The third-order valence-electron chi connectivity index (χ3n) is 7.45. The van der Waals surface area contributed by atoms with Gasteiger partial charge < -0.3 is 10.1 Å². The lowest BCUT2D eigenvalue weighted by molar-refractivity contribution is -0.135. The molecule has 1 aliphatic carbocycles. The zero-order valence-electron chi connectivity index (χ0n) is 23.2. The van der Waals surface area contributed by atoms with Crippen molar-refractivity contribution >= 4 is 21.8 Å². The van der Waals surface area contributed by atoms with Gasteiger partial charge in [-0.25, -0.2) is 13.2 Å². The Hall–Kier alpha value is -3.89. The number of nitrogens with one attached hydrogen (secondary N) is 1. The molecule has 0 radical (unpaired) electrons. The van der Waals surface area contributed by atoms with E-state index >= 15 is 0 Å². The van der Waals surface area contributed by atoms with Gasteiger partial charge in [0.25, 0.3) is 0 Å². The van der Waals surface area contributed by atoms with Crippen LogP contribution in [0.3, 0.4) is 0 Å². The maximum Gasteiger partial charge on any atom is 0.411 e. The molecule has 2 heterocycles. The van der Waals surface area contributed by atoms with Crippen molar-refractivity contribution in [2.24, 2.45) is 5.92 Å². The molecule has 1 N–H and O–H groups in total. The molecule has 0 spiro atoms. The Bertz CT molecular complexity index is 1470. The number of rotatable bonds is 6. The standard InChI is InChI=1S/C30H34N4O5S/c1-30(2,3)39-29(36)34-25-13-11-21(12-14-25)27(34)28(35)33-24(18-32)15-19-5-7-20(8-6-19)22-9-10-23(17-31)26(16-22)40(4,37)38/h5-10,16,21,24-25,27H,11-15H2,1-4H3,(H,33,35)/t21?,24-,25?,27-/m0/s1. The molecule has 2 aliphatic heterocycles. The fourth-order valence-electron chi connectivity index (χ4n) is 5.62. The minimum absolute atomic E-state index is 0.0272. The summed E-state index contributed by atoms with van der Waals surface area (Å²) in [6.07, 6.45) is 4.23. The molecule has 40 heavy (non-hydrogen) atoms. The van der Waals surface area contributed by atoms with Gasteiger partial charge in [0.15, 0.2) is 9.84 Å². The van der Waals surface area contributed by atoms with Crippen molar-refractivity contribution < 1.29 is 22.7 Å². The van der Waals surface area contributed by atoms with Crippen LogP contribution in [0.15, 0.2) is 47.4 Å². The summed E-state index contributed by atoms with van der Waals surface area (Å²) in [6, 6.07) is 14.5. The van der Waals surface area contributed by atoms with Crippen LogP contribution in [-0.4, -0.2) is 55.3 Å². The van der Waals surface area contributed by atoms with Crippen molar-refractivity contribution in [2.45, 2.75) is 81.5 Å².